The molecule has 102 valence electrons. The van der Waals surface area contributed by atoms with Crippen molar-refractivity contribution >= 4 is 11.6 Å². The van der Waals surface area contributed by atoms with Gasteiger partial charge >= 0.3 is 6.18 Å². The molecule has 0 aliphatic heterocycles. The van der Waals surface area contributed by atoms with E-state index < -0.39 is 11.7 Å². The van der Waals surface area contributed by atoms with Gasteiger partial charge in [-0.15, -0.1) is 0 Å². The third-order valence-electron chi connectivity index (χ3n) is 2.63. The van der Waals surface area contributed by atoms with Crippen molar-refractivity contribution in [1.82, 2.24) is 9.88 Å². The Bertz CT molecular complexity index is 404. The van der Waals surface area contributed by atoms with E-state index in [0.717, 1.165) is 12.1 Å². The molecular weight excluding hydrogens is 245 g/mol. The molecule has 1 rings (SSSR count). The van der Waals surface area contributed by atoms with Gasteiger partial charge in [-0.05, 0) is 33.2 Å². The Morgan fingerprint density at radius 1 is 1.39 bits per heavy atom. The van der Waals surface area contributed by atoms with Gasteiger partial charge in [0.2, 0.25) is 0 Å². The molecular formula is C11H17F3N4. The standard InChI is InChI=1S/C11H17F3N4/c1-7(18(2)3)6-16-10-5-8(11(12,13)14)4-9(15)17-10/h4-5,7H,6H2,1-3H3,(H3,15,16,17). The summed E-state index contributed by atoms with van der Waals surface area (Å²) >= 11 is 0. The van der Waals surface area contributed by atoms with Crippen LogP contribution in [0.2, 0.25) is 0 Å². The van der Waals surface area contributed by atoms with Crippen LogP contribution in [0.4, 0.5) is 24.8 Å². The number of aromatic nitrogens is 1. The summed E-state index contributed by atoms with van der Waals surface area (Å²) in [5.41, 5.74) is 4.56. The Morgan fingerprint density at radius 3 is 2.50 bits per heavy atom. The predicted octanol–water partition coefficient (Wildman–Crippen LogP) is 2.04. The number of anilines is 2. The van der Waals surface area contributed by atoms with Gasteiger partial charge in [0.05, 0.1) is 5.56 Å². The lowest BCUT2D eigenvalue weighted by Crippen LogP contribution is -2.31. The Kier molecular flexibility index (Phi) is 4.39. The molecule has 0 amide bonds. The van der Waals surface area contributed by atoms with Crippen molar-refractivity contribution in [3.8, 4) is 0 Å². The molecule has 4 nitrogen and oxygen atoms in total. The van der Waals surface area contributed by atoms with E-state index in [1.165, 1.54) is 0 Å². The van der Waals surface area contributed by atoms with Crippen LogP contribution in [0.1, 0.15) is 12.5 Å². The zero-order valence-corrected chi connectivity index (χ0v) is 10.5. The van der Waals surface area contributed by atoms with E-state index >= 15 is 0 Å². The fraction of sp³-hybridized carbons (Fsp3) is 0.545. The highest BCUT2D eigenvalue weighted by Crippen LogP contribution is 2.31. The smallest absolute Gasteiger partial charge is 0.384 e. The van der Waals surface area contributed by atoms with Crippen LogP contribution in [0.15, 0.2) is 12.1 Å². The number of likely N-dealkylation sites (N-methyl/N-ethyl adjacent to an activating group) is 1. The van der Waals surface area contributed by atoms with Gasteiger partial charge in [0.25, 0.3) is 0 Å². The molecule has 1 atom stereocenters. The zero-order chi connectivity index (χ0) is 13.9. The number of hydrogen-bond acceptors (Lipinski definition) is 4. The molecule has 0 aliphatic carbocycles. The molecule has 0 bridgehead atoms. The second-order valence-corrected chi connectivity index (χ2v) is 4.36. The topological polar surface area (TPSA) is 54.2 Å². The van der Waals surface area contributed by atoms with Crippen LogP contribution < -0.4 is 11.1 Å². The number of nitrogens with one attached hydrogen (secondary N) is 1. The largest absolute Gasteiger partial charge is 0.416 e. The fourth-order valence-corrected chi connectivity index (χ4v) is 1.24. The molecule has 7 heteroatoms. The van der Waals surface area contributed by atoms with E-state index in [1.54, 1.807) is 0 Å². The summed E-state index contributed by atoms with van der Waals surface area (Å²) in [6.07, 6.45) is -4.42. The van der Waals surface area contributed by atoms with E-state index in [4.69, 9.17) is 5.73 Å². The Hall–Kier alpha value is -1.50. The minimum Gasteiger partial charge on any atom is -0.384 e. The van der Waals surface area contributed by atoms with Crippen molar-refractivity contribution in [2.45, 2.75) is 19.1 Å². The van der Waals surface area contributed by atoms with E-state index in [-0.39, 0.29) is 17.7 Å². The number of nitrogens with zero attached hydrogens (tertiary/aromatic N) is 2. The minimum atomic E-state index is -4.42. The molecule has 18 heavy (non-hydrogen) atoms. The van der Waals surface area contributed by atoms with Gasteiger partial charge in [-0.25, -0.2) is 4.98 Å². The minimum absolute atomic E-state index is 0.135. The monoisotopic (exact) mass is 262 g/mol. The van der Waals surface area contributed by atoms with Crippen LogP contribution in [0, 0.1) is 0 Å². The highest BCUT2D eigenvalue weighted by atomic mass is 19.4. The number of pyridine rings is 1. The van der Waals surface area contributed by atoms with Crippen molar-refractivity contribution in [3.05, 3.63) is 17.7 Å². The van der Waals surface area contributed by atoms with Crippen LogP contribution in [0.25, 0.3) is 0 Å². The van der Waals surface area contributed by atoms with Gasteiger partial charge in [-0.1, -0.05) is 0 Å². The van der Waals surface area contributed by atoms with Crippen molar-refractivity contribution in [1.29, 1.82) is 0 Å². The van der Waals surface area contributed by atoms with E-state index in [1.807, 2.05) is 25.9 Å². The van der Waals surface area contributed by atoms with E-state index in [9.17, 15) is 13.2 Å². The molecule has 1 heterocycles. The van der Waals surface area contributed by atoms with Crippen LogP contribution in [-0.2, 0) is 6.18 Å². The molecule has 0 fully saturated rings. The molecule has 3 N–H and O–H groups in total. The Balaban J connectivity index is 2.81. The van der Waals surface area contributed by atoms with E-state index in [0.29, 0.717) is 6.54 Å². The SMILES string of the molecule is CC(CNc1cc(C(F)(F)F)cc(N)n1)N(C)C. The van der Waals surface area contributed by atoms with Gasteiger partial charge in [0, 0.05) is 12.6 Å². The Labute approximate surface area is 104 Å². The lowest BCUT2D eigenvalue weighted by atomic mass is 10.2. The molecule has 0 radical (unpaired) electrons. The first-order valence-corrected chi connectivity index (χ1v) is 5.45. The van der Waals surface area contributed by atoms with Gasteiger partial charge in [0.15, 0.2) is 0 Å². The summed E-state index contributed by atoms with van der Waals surface area (Å²) in [4.78, 5) is 5.78. The van der Waals surface area contributed by atoms with Crippen LogP contribution in [-0.4, -0.2) is 36.6 Å². The molecule has 1 unspecified atom stereocenters. The number of nitrogens with two attached hydrogens (primary N) is 1. The van der Waals surface area contributed by atoms with Gasteiger partial charge < -0.3 is 16.0 Å². The zero-order valence-electron chi connectivity index (χ0n) is 10.5. The van der Waals surface area contributed by atoms with Gasteiger partial charge in [-0.2, -0.15) is 13.2 Å². The number of nitrogen functional groups attached to an aromatic ring is 1. The number of alkyl halides is 3. The summed E-state index contributed by atoms with van der Waals surface area (Å²) in [5, 5.41) is 2.85. The first-order valence-electron chi connectivity index (χ1n) is 5.45. The van der Waals surface area contributed by atoms with Crippen LogP contribution in [0.3, 0.4) is 0 Å². The quantitative estimate of drug-likeness (QED) is 0.872. The lowest BCUT2D eigenvalue weighted by molar-refractivity contribution is -0.137. The summed E-state index contributed by atoms with van der Waals surface area (Å²) < 4.78 is 37.7. The third kappa shape index (κ3) is 4.06. The molecule has 1 aromatic heterocycles. The Morgan fingerprint density at radius 2 is 2.00 bits per heavy atom. The molecule has 0 spiro atoms. The summed E-state index contributed by atoms with van der Waals surface area (Å²) in [7, 11) is 3.78. The highest BCUT2D eigenvalue weighted by Gasteiger charge is 2.31. The average Bonchev–Trinajstić information content (AvgIpc) is 2.23. The first-order chi connectivity index (χ1) is 8.20. The van der Waals surface area contributed by atoms with Crippen molar-refractivity contribution < 1.29 is 13.2 Å². The van der Waals surface area contributed by atoms with Crippen LogP contribution >= 0.6 is 0 Å². The van der Waals surface area contributed by atoms with Gasteiger partial charge in [0.1, 0.15) is 11.6 Å². The average molecular weight is 262 g/mol. The molecule has 0 aromatic carbocycles. The maximum atomic E-state index is 12.6. The molecule has 0 saturated carbocycles. The third-order valence-corrected chi connectivity index (χ3v) is 2.63. The highest BCUT2D eigenvalue weighted by molar-refractivity contribution is 5.47. The summed E-state index contributed by atoms with van der Waals surface area (Å²) in [6.45, 7) is 2.44. The number of halogens is 3. The number of rotatable bonds is 4. The molecule has 1 aromatic rings. The summed E-state index contributed by atoms with van der Waals surface area (Å²) in [6, 6.07) is 1.95. The molecule has 0 aliphatic rings. The maximum Gasteiger partial charge on any atom is 0.416 e. The maximum absolute atomic E-state index is 12.6. The first kappa shape index (κ1) is 14.6. The fourth-order valence-electron chi connectivity index (χ4n) is 1.24. The van der Waals surface area contributed by atoms with Crippen molar-refractivity contribution in [3.63, 3.8) is 0 Å². The second kappa shape index (κ2) is 5.43. The predicted molar refractivity (Wildman–Crippen MR) is 65.3 cm³/mol. The second-order valence-electron chi connectivity index (χ2n) is 4.36. The lowest BCUT2D eigenvalue weighted by Gasteiger charge is -2.20. The van der Waals surface area contributed by atoms with Crippen LogP contribution in [0.5, 0.6) is 0 Å². The normalized spacial score (nSPS) is 13.7. The van der Waals surface area contributed by atoms with E-state index in [2.05, 4.69) is 10.3 Å². The van der Waals surface area contributed by atoms with Crippen molar-refractivity contribution in [2.24, 2.45) is 0 Å². The van der Waals surface area contributed by atoms with Gasteiger partial charge in [-0.3, -0.25) is 0 Å². The molecule has 0 saturated heterocycles. The number of hydrogen-bond donors (Lipinski definition) is 2. The summed E-state index contributed by atoms with van der Waals surface area (Å²) in [5.74, 6) is -0.0131. The van der Waals surface area contributed by atoms with Crippen molar-refractivity contribution in [2.75, 3.05) is 31.7 Å².